The van der Waals surface area contributed by atoms with Crippen molar-refractivity contribution >= 4 is 23.4 Å². The van der Waals surface area contributed by atoms with Gasteiger partial charge in [-0.25, -0.2) is 9.50 Å². The minimum absolute atomic E-state index is 0.0841. The Morgan fingerprint density at radius 2 is 2.04 bits per heavy atom. The Bertz CT molecular complexity index is 790. The van der Waals surface area contributed by atoms with E-state index in [9.17, 15) is 4.79 Å². The number of fused-ring (bicyclic) bond motifs is 1. The molecular weight excluding hydrogens is 322 g/mol. The standard InChI is InChI=1S/C17H19N5OS/c23-16(12-24-11-14-5-2-1-3-6-14)18-8-4-7-15-9-19-17-20-13-21-22(17)10-15/h1-3,5-6,9-10,13H,4,7-8,11-12H2,(H,18,23). The minimum atomic E-state index is 0.0841. The molecule has 0 atom stereocenters. The predicted molar refractivity (Wildman–Crippen MR) is 94.7 cm³/mol. The zero-order valence-corrected chi connectivity index (χ0v) is 14.1. The van der Waals surface area contributed by atoms with Crippen molar-refractivity contribution in [3.05, 3.63) is 60.2 Å². The highest BCUT2D eigenvalue weighted by atomic mass is 32.2. The van der Waals surface area contributed by atoms with Gasteiger partial charge in [0.2, 0.25) is 5.91 Å². The molecule has 2 aromatic heterocycles. The van der Waals surface area contributed by atoms with Gasteiger partial charge in [0.05, 0.1) is 5.75 Å². The molecule has 0 aliphatic rings. The van der Waals surface area contributed by atoms with Crippen molar-refractivity contribution in [1.82, 2.24) is 24.9 Å². The van der Waals surface area contributed by atoms with Crippen molar-refractivity contribution in [3.63, 3.8) is 0 Å². The fraction of sp³-hybridized carbons (Fsp3) is 0.294. The van der Waals surface area contributed by atoms with E-state index in [1.54, 1.807) is 16.3 Å². The van der Waals surface area contributed by atoms with Crippen molar-refractivity contribution in [2.45, 2.75) is 18.6 Å². The number of amides is 1. The van der Waals surface area contributed by atoms with Gasteiger partial charge in [-0.15, -0.1) is 11.8 Å². The van der Waals surface area contributed by atoms with Gasteiger partial charge in [-0.2, -0.15) is 10.1 Å². The third-order valence-corrected chi connectivity index (χ3v) is 4.50. The molecule has 3 aromatic rings. The fourth-order valence-corrected chi connectivity index (χ4v) is 3.11. The molecule has 124 valence electrons. The number of hydrogen-bond acceptors (Lipinski definition) is 5. The van der Waals surface area contributed by atoms with Crippen LogP contribution in [-0.4, -0.2) is 37.8 Å². The highest BCUT2D eigenvalue weighted by Gasteiger charge is 2.03. The molecule has 1 aromatic carbocycles. The molecule has 0 aliphatic heterocycles. The third-order valence-electron chi connectivity index (χ3n) is 3.50. The van der Waals surface area contributed by atoms with E-state index in [0.717, 1.165) is 24.2 Å². The highest BCUT2D eigenvalue weighted by Crippen LogP contribution is 2.11. The van der Waals surface area contributed by atoms with Crippen LogP contribution in [0.2, 0.25) is 0 Å². The predicted octanol–water partition coefficient (Wildman–Crippen LogP) is 2.11. The zero-order valence-electron chi connectivity index (χ0n) is 13.3. The fourth-order valence-electron chi connectivity index (χ4n) is 2.29. The molecule has 0 radical (unpaired) electrons. The Kier molecular flexibility index (Phi) is 5.79. The molecule has 2 heterocycles. The first-order chi connectivity index (χ1) is 11.8. The average Bonchev–Trinajstić information content (AvgIpc) is 3.07. The number of carbonyl (C=O) groups excluding carboxylic acids is 1. The van der Waals surface area contributed by atoms with Gasteiger partial charge in [-0.3, -0.25) is 4.79 Å². The van der Waals surface area contributed by atoms with E-state index in [2.05, 4.69) is 32.5 Å². The summed E-state index contributed by atoms with van der Waals surface area (Å²) in [7, 11) is 0. The molecule has 3 rings (SSSR count). The number of hydrogen-bond donors (Lipinski definition) is 1. The summed E-state index contributed by atoms with van der Waals surface area (Å²) in [6.45, 7) is 0.667. The van der Waals surface area contributed by atoms with Crippen LogP contribution in [-0.2, 0) is 17.0 Å². The first-order valence-electron chi connectivity index (χ1n) is 7.84. The number of aryl methyl sites for hydroxylation is 1. The molecule has 1 amide bonds. The maximum Gasteiger partial charge on any atom is 0.252 e. The highest BCUT2D eigenvalue weighted by molar-refractivity contribution is 7.99. The lowest BCUT2D eigenvalue weighted by molar-refractivity contribution is -0.118. The second-order valence-electron chi connectivity index (χ2n) is 5.40. The second kappa shape index (κ2) is 8.44. The number of benzene rings is 1. The molecule has 0 bridgehead atoms. The zero-order chi connectivity index (χ0) is 16.6. The van der Waals surface area contributed by atoms with Crippen molar-refractivity contribution < 1.29 is 4.79 Å². The van der Waals surface area contributed by atoms with E-state index in [-0.39, 0.29) is 5.91 Å². The van der Waals surface area contributed by atoms with Crippen molar-refractivity contribution in [3.8, 4) is 0 Å². The first-order valence-corrected chi connectivity index (χ1v) is 8.99. The number of carbonyl (C=O) groups is 1. The van der Waals surface area contributed by atoms with E-state index in [1.807, 2.05) is 30.6 Å². The molecule has 0 aliphatic carbocycles. The molecule has 6 nitrogen and oxygen atoms in total. The van der Waals surface area contributed by atoms with Gasteiger partial charge in [-0.05, 0) is 24.0 Å². The summed E-state index contributed by atoms with van der Waals surface area (Å²) in [6, 6.07) is 10.2. The lowest BCUT2D eigenvalue weighted by atomic mass is 10.2. The first kappa shape index (κ1) is 16.4. The van der Waals surface area contributed by atoms with Crippen LogP contribution < -0.4 is 5.32 Å². The van der Waals surface area contributed by atoms with Crippen LogP contribution in [0, 0.1) is 0 Å². The van der Waals surface area contributed by atoms with E-state index in [0.29, 0.717) is 18.1 Å². The van der Waals surface area contributed by atoms with Gasteiger partial charge in [0.1, 0.15) is 6.33 Å². The summed E-state index contributed by atoms with van der Waals surface area (Å²) >= 11 is 1.63. The average molecular weight is 341 g/mol. The number of thioether (sulfide) groups is 1. The topological polar surface area (TPSA) is 72.2 Å². The van der Waals surface area contributed by atoms with Crippen LogP contribution in [0.15, 0.2) is 49.1 Å². The Labute approximate surface area is 144 Å². The quantitative estimate of drug-likeness (QED) is 0.635. The van der Waals surface area contributed by atoms with Gasteiger partial charge in [0.15, 0.2) is 0 Å². The van der Waals surface area contributed by atoms with Gasteiger partial charge < -0.3 is 5.32 Å². The van der Waals surface area contributed by atoms with Gasteiger partial charge >= 0.3 is 0 Å². The monoisotopic (exact) mass is 341 g/mol. The van der Waals surface area contributed by atoms with Crippen molar-refractivity contribution in [2.75, 3.05) is 12.3 Å². The second-order valence-corrected chi connectivity index (χ2v) is 6.38. The van der Waals surface area contributed by atoms with Crippen LogP contribution >= 0.6 is 11.8 Å². The lowest BCUT2D eigenvalue weighted by Gasteiger charge is -2.05. The molecule has 0 spiro atoms. The van der Waals surface area contributed by atoms with E-state index in [1.165, 1.54) is 11.9 Å². The van der Waals surface area contributed by atoms with Crippen molar-refractivity contribution in [2.24, 2.45) is 0 Å². The Morgan fingerprint density at radius 3 is 2.92 bits per heavy atom. The number of aromatic nitrogens is 4. The summed E-state index contributed by atoms with van der Waals surface area (Å²) in [4.78, 5) is 20.1. The van der Waals surface area contributed by atoms with Gasteiger partial charge in [0.25, 0.3) is 5.78 Å². The number of nitrogens with one attached hydrogen (secondary N) is 1. The molecule has 0 saturated carbocycles. The van der Waals surface area contributed by atoms with Gasteiger partial charge in [-0.1, -0.05) is 30.3 Å². The normalized spacial score (nSPS) is 10.8. The smallest absolute Gasteiger partial charge is 0.252 e. The lowest BCUT2D eigenvalue weighted by Crippen LogP contribution is -2.26. The van der Waals surface area contributed by atoms with E-state index >= 15 is 0 Å². The van der Waals surface area contributed by atoms with E-state index < -0.39 is 0 Å². The molecule has 0 saturated heterocycles. The summed E-state index contributed by atoms with van der Waals surface area (Å²) in [5.41, 5.74) is 2.33. The number of nitrogens with zero attached hydrogens (tertiary/aromatic N) is 4. The van der Waals surface area contributed by atoms with Gasteiger partial charge in [0, 0.05) is 24.7 Å². The molecule has 24 heavy (non-hydrogen) atoms. The Hall–Kier alpha value is -2.41. The van der Waals surface area contributed by atoms with Crippen LogP contribution in [0.4, 0.5) is 0 Å². The molecule has 0 fully saturated rings. The summed E-state index contributed by atoms with van der Waals surface area (Å²) in [5, 5.41) is 7.02. The van der Waals surface area contributed by atoms with Crippen LogP contribution in [0.25, 0.3) is 5.78 Å². The SMILES string of the molecule is O=C(CSCc1ccccc1)NCCCc1cnc2ncnn2c1. The Morgan fingerprint density at radius 1 is 1.17 bits per heavy atom. The maximum atomic E-state index is 11.8. The summed E-state index contributed by atoms with van der Waals surface area (Å²) in [6.07, 6.45) is 6.94. The van der Waals surface area contributed by atoms with Crippen LogP contribution in [0.3, 0.4) is 0 Å². The summed E-state index contributed by atoms with van der Waals surface area (Å²) < 4.78 is 1.66. The van der Waals surface area contributed by atoms with Crippen LogP contribution in [0.1, 0.15) is 17.5 Å². The molecule has 7 heteroatoms. The number of rotatable bonds is 8. The molecule has 1 N–H and O–H groups in total. The Balaban J connectivity index is 1.31. The third kappa shape index (κ3) is 4.79. The molecular formula is C17H19N5OS. The minimum Gasteiger partial charge on any atom is -0.355 e. The van der Waals surface area contributed by atoms with E-state index in [4.69, 9.17) is 0 Å². The maximum absolute atomic E-state index is 11.8. The molecule has 0 unspecified atom stereocenters. The van der Waals surface area contributed by atoms with Crippen LogP contribution in [0.5, 0.6) is 0 Å². The summed E-state index contributed by atoms with van der Waals surface area (Å²) in [5.74, 6) is 2.03. The van der Waals surface area contributed by atoms with Crippen molar-refractivity contribution in [1.29, 1.82) is 0 Å². The largest absolute Gasteiger partial charge is 0.355 e.